The van der Waals surface area contributed by atoms with E-state index in [9.17, 15) is 65.9 Å². The van der Waals surface area contributed by atoms with Crippen LogP contribution < -0.4 is 14.0 Å². The maximum atomic E-state index is 14.6. The third kappa shape index (κ3) is 7.79. The molecule has 0 amide bonds. The lowest BCUT2D eigenvalue weighted by Gasteiger charge is -2.41. The predicted molar refractivity (Wildman–Crippen MR) is 126 cm³/mol. The molecule has 48 heavy (non-hydrogen) atoms. The molecule has 0 radical (unpaired) electrons. The predicted octanol–water partition coefficient (Wildman–Crippen LogP) is 6.44. The summed E-state index contributed by atoms with van der Waals surface area (Å²) in [6.45, 7) is -8.36. The molecule has 266 valence electrons. The van der Waals surface area contributed by atoms with Gasteiger partial charge in [0, 0.05) is 13.7 Å². The van der Waals surface area contributed by atoms with Crippen molar-refractivity contribution in [3.63, 3.8) is 0 Å². The minimum Gasteiger partial charge on any atom is -0.619 e. The number of hydrogen-bond donors (Lipinski definition) is 0. The summed E-state index contributed by atoms with van der Waals surface area (Å²) in [4.78, 5) is 0. The fourth-order valence-corrected chi connectivity index (χ4v) is 3.39. The van der Waals surface area contributed by atoms with Gasteiger partial charge in [0.25, 0.3) is 0 Å². The van der Waals surface area contributed by atoms with E-state index in [1.54, 1.807) is 0 Å². The zero-order chi connectivity index (χ0) is 36.1. The Bertz CT molecular complexity index is 1400. The summed E-state index contributed by atoms with van der Waals surface area (Å²) in [5.74, 6) is -51.5. The van der Waals surface area contributed by atoms with Gasteiger partial charge in [-0.25, -0.2) is 39.5 Å². The van der Waals surface area contributed by atoms with Crippen molar-refractivity contribution in [3.05, 3.63) is 87.3 Å². The van der Waals surface area contributed by atoms with E-state index in [-0.39, 0.29) is 26.4 Å². The van der Waals surface area contributed by atoms with Gasteiger partial charge in [0.1, 0.15) is 0 Å². The van der Waals surface area contributed by atoms with Crippen molar-refractivity contribution in [1.29, 1.82) is 0 Å². The first kappa shape index (κ1) is 38.4. The Balaban J connectivity index is 2.24. The Kier molecular flexibility index (Phi) is 12.7. The topological polar surface area (TPSA) is 64.6 Å². The smallest absolute Gasteiger partial charge is 0.619 e. The average Bonchev–Trinajstić information content (AvgIpc) is 3.07. The van der Waals surface area contributed by atoms with Crippen molar-refractivity contribution in [2.75, 3.05) is 46.8 Å². The number of halogens is 15. The zero-order valence-corrected chi connectivity index (χ0v) is 23.3. The fourth-order valence-electron chi connectivity index (χ4n) is 3.39. The second kappa shape index (κ2) is 15.9. The monoisotopic (exact) mass is 723 g/mol. The summed E-state index contributed by atoms with van der Waals surface area (Å²) in [7, 11) is 1.34. The zero-order valence-electron chi connectivity index (χ0n) is 23.3. The lowest BCUT2D eigenvalue weighted by atomic mass is 10.0. The van der Waals surface area contributed by atoms with Crippen LogP contribution in [0.5, 0.6) is 17.2 Å². The van der Waals surface area contributed by atoms with Crippen molar-refractivity contribution in [3.8, 4) is 17.2 Å². The highest BCUT2D eigenvalue weighted by Crippen LogP contribution is 2.38. The molecule has 0 aliphatic rings. The number of hydrogen-bond acceptors (Lipinski definition) is 7. The van der Waals surface area contributed by atoms with Crippen molar-refractivity contribution in [1.82, 2.24) is 0 Å². The lowest BCUT2D eigenvalue weighted by molar-refractivity contribution is 0.00402. The van der Waals surface area contributed by atoms with Gasteiger partial charge in [-0.15, -0.1) is 0 Å². The molecule has 7 nitrogen and oxygen atoms in total. The summed E-state index contributed by atoms with van der Waals surface area (Å²) in [6.07, 6.45) is 0. The Labute approximate surface area is 257 Å². The van der Waals surface area contributed by atoms with Gasteiger partial charge in [0.15, 0.2) is 17.2 Å². The molecule has 0 saturated carbocycles. The van der Waals surface area contributed by atoms with E-state index >= 15 is 0 Å². The summed E-state index contributed by atoms with van der Waals surface area (Å²) >= 11 is 0. The van der Waals surface area contributed by atoms with E-state index in [1.807, 2.05) is 0 Å². The van der Waals surface area contributed by atoms with Crippen LogP contribution in [0.4, 0.5) is 65.9 Å². The maximum Gasteiger partial charge on any atom is 0.714 e. The molecule has 0 fully saturated rings. The van der Waals surface area contributed by atoms with Gasteiger partial charge in [0.05, 0.1) is 33.0 Å². The highest BCUT2D eigenvalue weighted by Gasteiger charge is 2.47. The molecule has 23 heteroatoms. The second-order valence-corrected chi connectivity index (χ2v) is 8.72. The molecule has 0 aliphatic heterocycles. The van der Waals surface area contributed by atoms with Crippen LogP contribution in [0.15, 0.2) is 0 Å². The molecule has 0 aromatic heterocycles. The molecule has 0 saturated heterocycles. The first-order valence-corrected chi connectivity index (χ1v) is 12.5. The van der Waals surface area contributed by atoms with Gasteiger partial charge in [-0.05, 0) is 0 Å². The van der Waals surface area contributed by atoms with Crippen LogP contribution >= 0.6 is 0 Å². The Hall–Kier alpha value is -4.09. The van der Waals surface area contributed by atoms with Crippen LogP contribution in [0, 0.1) is 87.3 Å². The van der Waals surface area contributed by atoms with Crippen molar-refractivity contribution in [2.24, 2.45) is 0 Å². The van der Waals surface area contributed by atoms with Gasteiger partial charge >= 0.3 is 6.96 Å². The SMILES string of the molecule is COCCOCCOCCO[B-](Oc1c(F)c(F)c(F)c(F)c1F)(Oc1c(F)c(F)c(F)c(F)c1F)Oc1c(F)c(F)c(F)c(F)c1F. The molecule has 0 bridgehead atoms. The van der Waals surface area contributed by atoms with Crippen molar-refractivity contribution in [2.45, 2.75) is 0 Å². The molecule has 0 aliphatic carbocycles. The van der Waals surface area contributed by atoms with E-state index in [4.69, 9.17) is 18.9 Å². The van der Waals surface area contributed by atoms with E-state index < -0.39 is 125 Å². The van der Waals surface area contributed by atoms with Crippen LogP contribution in [0.1, 0.15) is 0 Å². The molecule has 0 N–H and O–H groups in total. The summed E-state index contributed by atoms with van der Waals surface area (Å²) in [5, 5.41) is 0. The second-order valence-electron chi connectivity index (χ2n) is 8.72. The van der Waals surface area contributed by atoms with E-state index in [0.29, 0.717) is 0 Å². The third-order valence-corrected chi connectivity index (χ3v) is 5.65. The van der Waals surface area contributed by atoms with E-state index in [2.05, 4.69) is 14.0 Å². The number of benzene rings is 3. The molecule has 0 atom stereocenters. The molecule has 0 unspecified atom stereocenters. The van der Waals surface area contributed by atoms with Gasteiger partial charge < -0.3 is 32.8 Å². The van der Waals surface area contributed by atoms with Crippen LogP contribution in [0.25, 0.3) is 0 Å². The lowest BCUT2D eigenvalue weighted by Crippen LogP contribution is -2.59. The third-order valence-electron chi connectivity index (χ3n) is 5.65. The maximum absolute atomic E-state index is 14.6. The fraction of sp³-hybridized carbons (Fsp3) is 0.280. The van der Waals surface area contributed by atoms with Gasteiger partial charge in [-0.1, -0.05) is 0 Å². The highest BCUT2D eigenvalue weighted by molar-refractivity contribution is 6.56. The Morgan fingerprint density at radius 3 is 0.833 bits per heavy atom. The first-order chi connectivity index (χ1) is 22.5. The van der Waals surface area contributed by atoms with Crippen LogP contribution in [-0.2, 0) is 18.9 Å². The summed E-state index contributed by atoms with van der Waals surface area (Å²) < 4.78 is 245. The summed E-state index contributed by atoms with van der Waals surface area (Å²) in [5.41, 5.74) is 0. The molecule has 3 aromatic rings. The molecular weight excluding hydrogens is 708 g/mol. The Morgan fingerprint density at radius 2 is 0.562 bits per heavy atom. The van der Waals surface area contributed by atoms with Crippen LogP contribution in [-0.4, -0.2) is 53.7 Å². The highest BCUT2D eigenvalue weighted by atomic mass is 19.2. The molecular formula is C25H15BF15O7-. The van der Waals surface area contributed by atoms with Gasteiger partial charge in [-0.2, -0.15) is 26.3 Å². The van der Waals surface area contributed by atoms with Crippen LogP contribution in [0.2, 0.25) is 0 Å². The molecule has 0 heterocycles. The summed E-state index contributed by atoms with van der Waals surface area (Å²) in [6, 6.07) is 0. The van der Waals surface area contributed by atoms with E-state index in [0.717, 1.165) is 0 Å². The van der Waals surface area contributed by atoms with E-state index in [1.165, 1.54) is 7.11 Å². The standard InChI is InChI=1S/C25H15BF15O7/c1-42-2-3-43-4-5-44-6-7-45-26(46-23-17(36)11(30)8(27)12(31)18(23)37,47-24-19(38)13(32)9(28)14(33)20(24)39)48-25-21(40)15(34)10(29)16(35)22(25)41/h2-7H2,1H3/q-1. The Morgan fingerprint density at radius 1 is 0.333 bits per heavy atom. The van der Waals surface area contributed by atoms with Gasteiger partial charge in [-0.3, -0.25) is 0 Å². The molecule has 3 aromatic carbocycles. The number of ether oxygens (including phenoxy) is 3. The van der Waals surface area contributed by atoms with Crippen molar-refractivity contribution < 1.29 is 98.7 Å². The quantitative estimate of drug-likeness (QED) is 0.0555. The number of rotatable bonds is 16. The minimum absolute atomic E-state index is 0.0455. The normalized spacial score (nSPS) is 11.8. The molecule has 3 rings (SSSR count). The average molecular weight is 723 g/mol. The largest absolute Gasteiger partial charge is 0.714 e. The molecule has 0 spiro atoms. The first-order valence-electron chi connectivity index (χ1n) is 12.5. The minimum atomic E-state index is -5.75. The van der Waals surface area contributed by atoms with Gasteiger partial charge in [0.2, 0.25) is 87.3 Å². The van der Waals surface area contributed by atoms with Crippen molar-refractivity contribution >= 4 is 6.96 Å². The van der Waals surface area contributed by atoms with Crippen LogP contribution in [0.3, 0.4) is 0 Å². The number of methoxy groups -OCH3 is 1.